The number of likely N-dealkylation sites (N-methyl/N-ethyl adjacent to an activating group) is 1. The highest BCUT2D eigenvalue weighted by atomic mass is 31.2. The topological polar surface area (TPSA) is 65.1 Å². The Kier molecular flexibility index (Phi) is 5.29. The molecule has 0 fully saturated rings. The zero-order valence-corrected chi connectivity index (χ0v) is 9.91. The average Bonchev–Trinajstić information content (AvgIpc) is 2.16. The van der Waals surface area contributed by atoms with Gasteiger partial charge in [0.1, 0.15) is 0 Å². The molecule has 0 aliphatic carbocycles. The maximum atomic E-state index is 11.9. The van der Waals surface area contributed by atoms with Gasteiger partial charge in [0.15, 0.2) is 0 Å². The summed E-state index contributed by atoms with van der Waals surface area (Å²) in [5.74, 6) is -1.69. The Bertz CT molecular complexity index is 234. The van der Waals surface area contributed by atoms with Gasteiger partial charge in [-0.3, -0.25) is 9.46 Å². The van der Waals surface area contributed by atoms with Gasteiger partial charge in [-0.15, -0.1) is 0 Å². The van der Waals surface area contributed by atoms with Gasteiger partial charge in [0, 0.05) is 14.2 Å². The summed E-state index contributed by atoms with van der Waals surface area (Å²) < 4.78 is 25.9. The zero-order chi connectivity index (χ0) is 11.4. The van der Waals surface area contributed by atoms with Crippen molar-refractivity contribution in [1.82, 2.24) is 4.90 Å². The third-order valence-corrected chi connectivity index (χ3v) is 4.00. The Balaban J connectivity index is 4.99. The van der Waals surface area contributed by atoms with E-state index in [-0.39, 0.29) is 0 Å². The largest absolute Gasteiger partial charge is 0.467 e. The van der Waals surface area contributed by atoms with Crippen LogP contribution in [0.15, 0.2) is 0 Å². The molecule has 0 aliphatic heterocycles. The number of carbonyl (C=O) groups excluding carboxylic acids is 1. The van der Waals surface area contributed by atoms with Crippen molar-refractivity contribution in [3.8, 4) is 0 Å². The Morgan fingerprint density at radius 2 is 1.64 bits per heavy atom. The minimum atomic E-state index is -3.47. The van der Waals surface area contributed by atoms with Gasteiger partial charge >= 0.3 is 13.6 Å². The number of hydrogen-bond acceptors (Lipinski definition) is 6. The molecule has 84 valence electrons. The maximum Gasteiger partial charge on any atom is 0.358 e. The van der Waals surface area contributed by atoms with E-state index in [9.17, 15) is 9.36 Å². The van der Waals surface area contributed by atoms with E-state index in [1.165, 1.54) is 26.2 Å². The van der Waals surface area contributed by atoms with Crippen LogP contribution in [0.4, 0.5) is 0 Å². The second-order valence-electron chi connectivity index (χ2n) is 2.77. The van der Waals surface area contributed by atoms with Crippen molar-refractivity contribution in [1.29, 1.82) is 0 Å². The van der Waals surface area contributed by atoms with Crippen molar-refractivity contribution in [2.75, 3.05) is 35.4 Å². The first-order chi connectivity index (χ1) is 6.42. The highest BCUT2D eigenvalue weighted by molar-refractivity contribution is 7.55. The SMILES string of the molecule is COC(=O)C(N(C)C)P(=O)(OC)OC. The Hall–Kier alpha value is -0.420. The number of esters is 1. The summed E-state index contributed by atoms with van der Waals surface area (Å²) in [6, 6.07) is 0. The number of methoxy groups -OCH3 is 1. The van der Waals surface area contributed by atoms with E-state index in [2.05, 4.69) is 4.74 Å². The van der Waals surface area contributed by atoms with Gasteiger partial charge in [-0.05, 0) is 14.1 Å². The second-order valence-corrected chi connectivity index (χ2v) is 5.06. The molecule has 0 aliphatic rings. The minimum Gasteiger partial charge on any atom is -0.467 e. The average molecular weight is 225 g/mol. The summed E-state index contributed by atoms with van der Waals surface area (Å²) in [5, 5.41) is 0. The fourth-order valence-corrected chi connectivity index (χ4v) is 2.48. The summed E-state index contributed by atoms with van der Waals surface area (Å²) in [6.45, 7) is 0. The first-order valence-electron chi connectivity index (χ1n) is 3.88. The molecule has 0 spiro atoms. The molecule has 0 saturated carbocycles. The molecule has 1 unspecified atom stereocenters. The summed E-state index contributed by atoms with van der Waals surface area (Å²) in [6.07, 6.45) is 0. The first kappa shape index (κ1) is 13.6. The van der Waals surface area contributed by atoms with Crippen molar-refractivity contribution >= 4 is 13.6 Å². The molecule has 7 heteroatoms. The van der Waals surface area contributed by atoms with Crippen molar-refractivity contribution in [2.45, 2.75) is 5.78 Å². The summed E-state index contributed by atoms with van der Waals surface area (Å²) >= 11 is 0. The van der Waals surface area contributed by atoms with Crippen molar-refractivity contribution in [2.24, 2.45) is 0 Å². The van der Waals surface area contributed by atoms with Crippen LogP contribution in [-0.4, -0.2) is 52.1 Å². The van der Waals surface area contributed by atoms with Crippen LogP contribution in [0.2, 0.25) is 0 Å². The third-order valence-electron chi connectivity index (χ3n) is 1.71. The third kappa shape index (κ3) is 2.78. The van der Waals surface area contributed by atoms with E-state index in [1.807, 2.05) is 0 Å². The van der Waals surface area contributed by atoms with Gasteiger partial charge in [0.05, 0.1) is 7.11 Å². The second kappa shape index (κ2) is 5.46. The van der Waals surface area contributed by atoms with Crippen LogP contribution in [0.1, 0.15) is 0 Å². The van der Waals surface area contributed by atoms with Gasteiger partial charge in [0.2, 0.25) is 5.78 Å². The Labute approximate surface area is 83.7 Å². The Morgan fingerprint density at radius 1 is 1.21 bits per heavy atom. The molecule has 0 N–H and O–H groups in total. The zero-order valence-electron chi connectivity index (χ0n) is 9.01. The van der Waals surface area contributed by atoms with Gasteiger partial charge in [-0.25, -0.2) is 4.79 Å². The van der Waals surface area contributed by atoms with Gasteiger partial charge in [-0.1, -0.05) is 0 Å². The van der Waals surface area contributed by atoms with Gasteiger partial charge < -0.3 is 13.8 Å². The highest BCUT2D eigenvalue weighted by Gasteiger charge is 2.42. The molecule has 0 aromatic rings. The van der Waals surface area contributed by atoms with Crippen LogP contribution in [0.25, 0.3) is 0 Å². The number of carbonyl (C=O) groups is 1. The molecule has 14 heavy (non-hydrogen) atoms. The normalized spacial score (nSPS) is 14.1. The fraction of sp³-hybridized carbons (Fsp3) is 0.857. The molecule has 6 nitrogen and oxygen atoms in total. The molecule has 0 amide bonds. The van der Waals surface area contributed by atoms with E-state index in [0.717, 1.165) is 0 Å². The smallest absolute Gasteiger partial charge is 0.358 e. The lowest BCUT2D eigenvalue weighted by Gasteiger charge is -2.26. The van der Waals surface area contributed by atoms with Crippen LogP contribution in [0.5, 0.6) is 0 Å². The number of hydrogen-bond donors (Lipinski definition) is 0. The summed E-state index contributed by atoms with van der Waals surface area (Å²) in [4.78, 5) is 12.8. The van der Waals surface area contributed by atoms with Gasteiger partial charge in [-0.2, -0.15) is 0 Å². The fourth-order valence-electron chi connectivity index (χ4n) is 1.00. The van der Waals surface area contributed by atoms with E-state index < -0.39 is 19.3 Å². The first-order valence-corrected chi connectivity index (χ1v) is 5.49. The molecule has 0 radical (unpaired) electrons. The molecular formula is C7H16NO5P. The molecule has 0 saturated heterocycles. The van der Waals surface area contributed by atoms with E-state index in [4.69, 9.17) is 9.05 Å². The number of ether oxygens (including phenoxy) is 1. The maximum absolute atomic E-state index is 11.9. The summed E-state index contributed by atoms with van der Waals surface area (Å²) in [5.41, 5.74) is 0. The predicted molar refractivity (Wildman–Crippen MR) is 51.1 cm³/mol. The lowest BCUT2D eigenvalue weighted by Crippen LogP contribution is -2.37. The Morgan fingerprint density at radius 3 is 1.86 bits per heavy atom. The number of nitrogens with zero attached hydrogens (tertiary/aromatic N) is 1. The van der Waals surface area contributed by atoms with E-state index >= 15 is 0 Å². The lowest BCUT2D eigenvalue weighted by molar-refractivity contribution is -0.143. The van der Waals surface area contributed by atoms with Gasteiger partial charge in [0.25, 0.3) is 0 Å². The number of rotatable bonds is 5. The monoisotopic (exact) mass is 225 g/mol. The van der Waals surface area contributed by atoms with Crippen LogP contribution in [0.3, 0.4) is 0 Å². The van der Waals surface area contributed by atoms with Crippen LogP contribution < -0.4 is 0 Å². The van der Waals surface area contributed by atoms with E-state index in [0.29, 0.717) is 0 Å². The van der Waals surface area contributed by atoms with Crippen molar-refractivity contribution in [3.63, 3.8) is 0 Å². The predicted octanol–water partition coefficient (Wildman–Crippen LogP) is 0.533. The highest BCUT2D eigenvalue weighted by Crippen LogP contribution is 2.52. The molecule has 0 aromatic heterocycles. The standard InChI is InChI=1S/C7H16NO5P/c1-8(2)6(7(9)11-3)14(10,12-4)13-5/h6H,1-5H3. The summed E-state index contributed by atoms with van der Waals surface area (Å²) in [7, 11) is 3.38. The molecular weight excluding hydrogens is 209 g/mol. The molecule has 0 aromatic carbocycles. The van der Waals surface area contributed by atoms with E-state index in [1.54, 1.807) is 14.1 Å². The van der Waals surface area contributed by atoms with Crippen molar-refractivity contribution < 1.29 is 23.1 Å². The lowest BCUT2D eigenvalue weighted by atomic mass is 10.6. The molecule has 0 bridgehead atoms. The van der Waals surface area contributed by atoms with Crippen LogP contribution >= 0.6 is 7.60 Å². The molecule has 0 rings (SSSR count). The van der Waals surface area contributed by atoms with Crippen LogP contribution in [0, 0.1) is 0 Å². The van der Waals surface area contributed by atoms with Crippen molar-refractivity contribution in [3.05, 3.63) is 0 Å². The molecule has 0 heterocycles. The van der Waals surface area contributed by atoms with Crippen LogP contribution in [-0.2, 0) is 23.1 Å². The minimum absolute atomic E-state index is 0.651. The molecule has 1 atom stereocenters. The quantitative estimate of drug-likeness (QED) is 0.502.